The molecule has 9 heteroatoms. The molecule has 0 saturated heterocycles. The van der Waals surface area contributed by atoms with E-state index in [1.165, 1.54) is 32.4 Å². The number of nitrogens with zero attached hydrogens (tertiary/aromatic N) is 1. The lowest BCUT2D eigenvalue weighted by Crippen LogP contribution is -2.28. The Kier molecular flexibility index (Phi) is 6.66. The summed E-state index contributed by atoms with van der Waals surface area (Å²) < 4.78 is 14.4. The summed E-state index contributed by atoms with van der Waals surface area (Å²) >= 11 is 0. The van der Waals surface area contributed by atoms with E-state index >= 15 is 0 Å². The number of anilines is 1. The lowest BCUT2D eigenvalue weighted by molar-refractivity contribution is 0.0598. The monoisotopic (exact) mass is 426 g/mol. The molecule has 9 nitrogen and oxygen atoms in total. The van der Waals surface area contributed by atoms with E-state index in [2.05, 4.69) is 5.32 Å². The normalized spacial score (nSPS) is 12.4. The molecule has 0 atom stereocenters. The summed E-state index contributed by atoms with van der Waals surface area (Å²) in [5.41, 5.74) is 1.60. The first kappa shape index (κ1) is 22.0. The number of fused-ring (bicyclic) bond motifs is 1. The third-order valence-electron chi connectivity index (χ3n) is 4.86. The summed E-state index contributed by atoms with van der Waals surface area (Å²) in [5, 5.41) is 2.66. The van der Waals surface area contributed by atoms with Gasteiger partial charge in [-0.05, 0) is 29.8 Å². The minimum absolute atomic E-state index is 0.0702. The van der Waals surface area contributed by atoms with Gasteiger partial charge in [0.15, 0.2) is 0 Å². The molecule has 2 aromatic rings. The van der Waals surface area contributed by atoms with Crippen molar-refractivity contribution >= 4 is 29.4 Å². The van der Waals surface area contributed by atoms with E-state index in [0.717, 1.165) is 5.56 Å². The lowest BCUT2D eigenvalue weighted by atomic mass is 10.0. The average Bonchev–Trinajstić information content (AvgIpc) is 3.11. The Hall–Kier alpha value is -3.72. The van der Waals surface area contributed by atoms with Gasteiger partial charge in [-0.15, -0.1) is 0 Å². The van der Waals surface area contributed by atoms with Crippen molar-refractivity contribution in [3.63, 3.8) is 0 Å². The average molecular weight is 426 g/mol. The van der Waals surface area contributed by atoms with E-state index in [4.69, 9.17) is 14.2 Å². The fraction of sp³-hybridized carbons (Fsp3) is 0.273. The molecule has 0 radical (unpaired) electrons. The summed E-state index contributed by atoms with van der Waals surface area (Å²) in [6, 6.07) is 9.12. The Labute approximate surface area is 178 Å². The van der Waals surface area contributed by atoms with E-state index in [1.54, 1.807) is 30.2 Å². The summed E-state index contributed by atoms with van der Waals surface area (Å²) in [5.74, 6) is -2.15. The van der Waals surface area contributed by atoms with Crippen LogP contribution in [0.25, 0.3) is 0 Å². The van der Waals surface area contributed by atoms with E-state index < -0.39 is 17.8 Å². The second-order valence-corrected chi connectivity index (χ2v) is 6.80. The van der Waals surface area contributed by atoms with Crippen LogP contribution in [0.3, 0.4) is 0 Å². The molecule has 0 fully saturated rings. The molecule has 1 aliphatic rings. The van der Waals surface area contributed by atoms with Crippen LogP contribution in [0.2, 0.25) is 0 Å². The highest BCUT2D eigenvalue weighted by molar-refractivity contribution is 6.14. The first-order valence-corrected chi connectivity index (χ1v) is 9.42. The van der Waals surface area contributed by atoms with E-state index in [-0.39, 0.29) is 28.3 Å². The van der Waals surface area contributed by atoms with Gasteiger partial charge in [0, 0.05) is 25.9 Å². The molecule has 0 unspecified atom stereocenters. The number of amides is 2. The van der Waals surface area contributed by atoms with Crippen molar-refractivity contribution in [1.82, 2.24) is 4.90 Å². The van der Waals surface area contributed by atoms with Gasteiger partial charge < -0.3 is 24.4 Å². The Balaban J connectivity index is 1.92. The minimum atomic E-state index is -0.675. The fourth-order valence-electron chi connectivity index (χ4n) is 3.36. The first-order valence-electron chi connectivity index (χ1n) is 9.42. The molecular formula is C22H22N2O7. The molecule has 2 amide bonds. The number of rotatable bonds is 7. The second kappa shape index (κ2) is 9.40. The van der Waals surface area contributed by atoms with Crippen LogP contribution in [0, 0.1) is 0 Å². The Morgan fingerprint density at radius 3 is 2.23 bits per heavy atom. The highest BCUT2D eigenvalue weighted by atomic mass is 16.5. The number of benzene rings is 2. The summed E-state index contributed by atoms with van der Waals surface area (Å²) in [7, 11) is 3.97. The zero-order valence-electron chi connectivity index (χ0n) is 17.4. The predicted octanol–water partition coefficient (Wildman–Crippen LogP) is 2.11. The van der Waals surface area contributed by atoms with Gasteiger partial charge in [-0.2, -0.15) is 0 Å². The Morgan fingerprint density at radius 1 is 1.00 bits per heavy atom. The Bertz CT molecular complexity index is 1010. The highest BCUT2D eigenvalue weighted by Crippen LogP contribution is 2.27. The van der Waals surface area contributed by atoms with Gasteiger partial charge in [0.05, 0.1) is 43.1 Å². The van der Waals surface area contributed by atoms with Gasteiger partial charge in [-0.25, -0.2) is 9.59 Å². The van der Waals surface area contributed by atoms with Crippen LogP contribution in [0.4, 0.5) is 5.69 Å². The topological polar surface area (TPSA) is 111 Å². The number of ether oxygens (including phenoxy) is 3. The quantitative estimate of drug-likeness (QED) is 0.675. The number of esters is 2. The van der Waals surface area contributed by atoms with Crippen LogP contribution in [-0.4, -0.2) is 63.1 Å². The summed E-state index contributed by atoms with van der Waals surface area (Å²) in [6.07, 6.45) is 0. The zero-order chi connectivity index (χ0) is 22.5. The Morgan fingerprint density at radius 2 is 1.65 bits per heavy atom. The molecule has 162 valence electrons. The smallest absolute Gasteiger partial charge is 0.337 e. The molecule has 0 aromatic heterocycles. The number of carbonyl (C=O) groups is 4. The maximum Gasteiger partial charge on any atom is 0.337 e. The number of nitrogens with one attached hydrogen (secondary N) is 1. The fourth-order valence-corrected chi connectivity index (χ4v) is 3.36. The third-order valence-corrected chi connectivity index (χ3v) is 4.86. The number of methoxy groups -OCH3 is 3. The van der Waals surface area contributed by atoms with Gasteiger partial charge in [-0.1, -0.05) is 12.1 Å². The van der Waals surface area contributed by atoms with Crippen molar-refractivity contribution in [2.75, 3.05) is 39.8 Å². The van der Waals surface area contributed by atoms with Crippen molar-refractivity contribution in [3.05, 3.63) is 64.2 Å². The van der Waals surface area contributed by atoms with E-state index in [9.17, 15) is 19.2 Å². The maximum absolute atomic E-state index is 13.0. The maximum atomic E-state index is 13.0. The van der Waals surface area contributed by atoms with Crippen molar-refractivity contribution in [1.29, 1.82) is 0 Å². The molecule has 2 aromatic carbocycles. The lowest BCUT2D eigenvalue weighted by Gasteiger charge is -2.14. The van der Waals surface area contributed by atoms with Crippen LogP contribution in [0.1, 0.15) is 47.0 Å². The number of carbonyl (C=O) groups excluding carboxylic acids is 4. The molecule has 1 N–H and O–H groups in total. The van der Waals surface area contributed by atoms with Gasteiger partial charge in [0.2, 0.25) is 0 Å². The summed E-state index contributed by atoms with van der Waals surface area (Å²) in [4.78, 5) is 51.3. The molecule has 0 bridgehead atoms. The SMILES string of the molecule is COCCN1Cc2cccc(C(=O)Nc3cc(C(=O)OC)cc(C(=O)OC)c3)c2C1=O. The van der Waals surface area contributed by atoms with Crippen molar-refractivity contribution in [2.24, 2.45) is 0 Å². The van der Waals surface area contributed by atoms with Crippen LogP contribution >= 0.6 is 0 Å². The van der Waals surface area contributed by atoms with Crippen LogP contribution in [0.15, 0.2) is 36.4 Å². The van der Waals surface area contributed by atoms with Crippen molar-refractivity contribution in [2.45, 2.75) is 6.54 Å². The van der Waals surface area contributed by atoms with E-state index in [1.807, 2.05) is 0 Å². The van der Waals surface area contributed by atoms with Gasteiger partial charge in [0.1, 0.15) is 0 Å². The van der Waals surface area contributed by atoms with Crippen LogP contribution in [-0.2, 0) is 20.8 Å². The molecule has 0 spiro atoms. The minimum Gasteiger partial charge on any atom is -0.465 e. The summed E-state index contributed by atoms with van der Waals surface area (Å²) in [6.45, 7) is 1.19. The van der Waals surface area contributed by atoms with Gasteiger partial charge >= 0.3 is 11.9 Å². The van der Waals surface area contributed by atoms with Gasteiger partial charge in [-0.3, -0.25) is 9.59 Å². The largest absolute Gasteiger partial charge is 0.465 e. The van der Waals surface area contributed by atoms with Crippen molar-refractivity contribution < 1.29 is 33.4 Å². The molecule has 0 saturated carbocycles. The highest BCUT2D eigenvalue weighted by Gasteiger charge is 2.31. The molecule has 31 heavy (non-hydrogen) atoms. The van der Waals surface area contributed by atoms with Crippen LogP contribution in [0.5, 0.6) is 0 Å². The molecule has 1 aliphatic heterocycles. The van der Waals surface area contributed by atoms with E-state index in [0.29, 0.717) is 25.3 Å². The third kappa shape index (κ3) is 4.56. The van der Waals surface area contributed by atoms with Crippen molar-refractivity contribution in [3.8, 4) is 0 Å². The van der Waals surface area contributed by atoms with Gasteiger partial charge in [0.25, 0.3) is 11.8 Å². The standard InChI is InChI=1S/C22H22N2O7/c1-29-8-7-24-12-13-5-4-6-17(18(13)20(24)26)19(25)23-16-10-14(21(27)30-2)9-15(11-16)22(28)31-3/h4-6,9-11H,7-8,12H2,1-3H3,(H,23,25). The molecule has 1 heterocycles. The zero-order valence-corrected chi connectivity index (χ0v) is 17.4. The number of hydrogen-bond donors (Lipinski definition) is 1. The first-order chi connectivity index (χ1) is 14.9. The van der Waals surface area contributed by atoms with Crippen LogP contribution < -0.4 is 5.32 Å². The molecule has 0 aliphatic carbocycles. The molecular weight excluding hydrogens is 404 g/mol. The molecule has 3 rings (SSSR count). The number of hydrogen-bond acceptors (Lipinski definition) is 7. The second-order valence-electron chi connectivity index (χ2n) is 6.80. The predicted molar refractivity (Wildman–Crippen MR) is 110 cm³/mol.